The maximum atomic E-state index is 6.01. The first kappa shape index (κ1) is 18.3. The van der Waals surface area contributed by atoms with Crippen LogP contribution in [0.15, 0.2) is 24.3 Å². The summed E-state index contributed by atoms with van der Waals surface area (Å²) in [5.74, 6) is 1.54. The van der Waals surface area contributed by atoms with Gasteiger partial charge in [0, 0.05) is 23.8 Å². The Hall–Kier alpha value is -0.730. The van der Waals surface area contributed by atoms with E-state index in [2.05, 4.69) is 44.0 Å². The number of nitrogens with one attached hydrogen (secondary N) is 1. The normalized spacial score (nSPS) is 11.6. The Morgan fingerprint density at radius 2 is 1.62 bits per heavy atom. The van der Waals surface area contributed by atoms with Crippen molar-refractivity contribution in [3.05, 3.63) is 29.3 Å². The van der Waals surface area contributed by atoms with Crippen LogP contribution in [0.1, 0.15) is 40.5 Å². The summed E-state index contributed by atoms with van der Waals surface area (Å²) in [5.41, 5.74) is 1.11. The second-order valence-corrected chi connectivity index (χ2v) is 7.08. The second-order valence-electron chi connectivity index (χ2n) is 6.64. The van der Waals surface area contributed by atoms with E-state index >= 15 is 0 Å². The predicted molar refractivity (Wildman–Crippen MR) is 95.3 cm³/mol. The van der Waals surface area contributed by atoms with Crippen molar-refractivity contribution < 1.29 is 0 Å². The van der Waals surface area contributed by atoms with Crippen molar-refractivity contribution in [1.29, 1.82) is 0 Å². The molecule has 0 heterocycles. The molecule has 0 amide bonds. The van der Waals surface area contributed by atoms with Gasteiger partial charge in [-0.3, -0.25) is 0 Å². The first-order valence-corrected chi connectivity index (χ1v) is 8.57. The van der Waals surface area contributed by atoms with Crippen LogP contribution in [-0.2, 0) is 0 Å². The molecule has 0 atom stereocenters. The zero-order valence-electron chi connectivity index (χ0n) is 14.0. The van der Waals surface area contributed by atoms with E-state index in [1.54, 1.807) is 0 Å². The smallest absolute Gasteiger partial charge is 0.0426 e. The van der Waals surface area contributed by atoms with Gasteiger partial charge in [0.05, 0.1) is 0 Å². The Labute approximate surface area is 135 Å². The third-order valence-electron chi connectivity index (χ3n) is 3.63. The van der Waals surface area contributed by atoms with E-state index in [4.69, 9.17) is 11.6 Å². The number of anilines is 1. The van der Waals surface area contributed by atoms with E-state index in [0.29, 0.717) is 0 Å². The van der Waals surface area contributed by atoms with E-state index in [0.717, 1.165) is 35.6 Å². The molecule has 0 aliphatic carbocycles. The van der Waals surface area contributed by atoms with Gasteiger partial charge in [0.1, 0.15) is 0 Å². The number of rotatable bonds is 10. The van der Waals surface area contributed by atoms with Crippen molar-refractivity contribution >= 4 is 17.3 Å². The summed E-state index contributed by atoms with van der Waals surface area (Å²) in [6, 6.07) is 7.94. The predicted octanol–water partition coefficient (Wildman–Crippen LogP) is 5.15. The highest BCUT2D eigenvalue weighted by Crippen LogP contribution is 2.14. The zero-order valence-corrected chi connectivity index (χ0v) is 14.8. The molecule has 0 saturated heterocycles. The summed E-state index contributed by atoms with van der Waals surface area (Å²) in [4.78, 5) is 2.58. The molecule has 1 aromatic rings. The Kier molecular flexibility index (Phi) is 8.79. The van der Waals surface area contributed by atoms with Gasteiger partial charge in [-0.25, -0.2) is 0 Å². The molecule has 0 aromatic heterocycles. The quantitative estimate of drug-likeness (QED) is 0.643. The summed E-state index contributed by atoms with van der Waals surface area (Å²) >= 11 is 6.01. The summed E-state index contributed by atoms with van der Waals surface area (Å²) in [7, 11) is 0. The van der Waals surface area contributed by atoms with Crippen LogP contribution >= 0.6 is 11.6 Å². The number of benzene rings is 1. The first-order valence-electron chi connectivity index (χ1n) is 8.19. The third-order valence-corrected chi connectivity index (χ3v) is 3.86. The van der Waals surface area contributed by atoms with Crippen LogP contribution in [0.25, 0.3) is 0 Å². The van der Waals surface area contributed by atoms with E-state index in [9.17, 15) is 0 Å². The van der Waals surface area contributed by atoms with Crippen LogP contribution in [0.4, 0.5) is 5.69 Å². The molecule has 120 valence electrons. The van der Waals surface area contributed by atoms with Gasteiger partial charge in [0.2, 0.25) is 0 Å². The highest BCUT2D eigenvalue weighted by molar-refractivity contribution is 6.30. The van der Waals surface area contributed by atoms with Crippen LogP contribution in [0.3, 0.4) is 0 Å². The fourth-order valence-corrected chi connectivity index (χ4v) is 2.36. The molecule has 1 rings (SSSR count). The zero-order chi connectivity index (χ0) is 15.7. The lowest BCUT2D eigenvalue weighted by molar-refractivity contribution is 0.252. The fraction of sp³-hybridized carbons (Fsp3) is 0.667. The van der Waals surface area contributed by atoms with Crippen molar-refractivity contribution in [1.82, 2.24) is 4.90 Å². The summed E-state index contributed by atoms with van der Waals surface area (Å²) in [6.07, 6.45) is 2.55. The largest absolute Gasteiger partial charge is 0.384 e. The molecule has 0 bridgehead atoms. The van der Waals surface area contributed by atoms with Gasteiger partial charge >= 0.3 is 0 Å². The molecule has 0 fully saturated rings. The molecule has 1 N–H and O–H groups in total. The molecule has 0 aliphatic rings. The summed E-state index contributed by atoms with van der Waals surface area (Å²) in [6.45, 7) is 13.6. The van der Waals surface area contributed by atoms with Crippen molar-refractivity contribution in [2.75, 3.05) is 31.5 Å². The minimum absolute atomic E-state index is 0.771. The maximum Gasteiger partial charge on any atom is 0.0426 e. The average molecular weight is 311 g/mol. The minimum Gasteiger partial charge on any atom is -0.384 e. The van der Waals surface area contributed by atoms with Crippen molar-refractivity contribution in [3.63, 3.8) is 0 Å². The van der Waals surface area contributed by atoms with Gasteiger partial charge in [-0.05, 0) is 56.0 Å². The topological polar surface area (TPSA) is 15.3 Å². The van der Waals surface area contributed by atoms with Gasteiger partial charge in [-0.15, -0.1) is 0 Å². The van der Waals surface area contributed by atoms with E-state index in [1.807, 2.05) is 18.2 Å². The Balaban J connectivity index is 2.36. The number of hydrogen-bond acceptors (Lipinski definition) is 2. The van der Waals surface area contributed by atoms with Gasteiger partial charge < -0.3 is 10.2 Å². The standard InChI is InChI=1S/C18H31ClN2/c1-15(2)8-11-21(12-9-16(3)4)13-10-20-18-7-5-6-17(19)14-18/h5-7,14-16,20H,8-13H2,1-4H3. The van der Waals surface area contributed by atoms with Crippen LogP contribution < -0.4 is 5.32 Å². The SMILES string of the molecule is CC(C)CCN(CCNc1cccc(Cl)c1)CCC(C)C. The molecule has 21 heavy (non-hydrogen) atoms. The van der Waals surface area contributed by atoms with Crippen LogP contribution in [0.5, 0.6) is 0 Å². The van der Waals surface area contributed by atoms with Crippen molar-refractivity contribution in [2.24, 2.45) is 11.8 Å². The molecular weight excluding hydrogens is 280 g/mol. The summed E-state index contributed by atoms with van der Waals surface area (Å²) < 4.78 is 0. The molecule has 1 aromatic carbocycles. The number of halogens is 1. The van der Waals surface area contributed by atoms with Crippen LogP contribution in [-0.4, -0.2) is 31.1 Å². The third kappa shape index (κ3) is 9.00. The Bertz CT molecular complexity index is 379. The van der Waals surface area contributed by atoms with E-state index in [-0.39, 0.29) is 0 Å². The lowest BCUT2D eigenvalue weighted by Gasteiger charge is -2.24. The van der Waals surface area contributed by atoms with E-state index in [1.165, 1.54) is 25.9 Å². The van der Waals surface area contributed by atoms with Gasteiger partial charge in [0.15, 0.2) is 0 Å². The van der Waals surface area contributed by atoms with Gasteiger partial charge in [-0.1, -0.05) is 45.4 Å². The molecule has 0 unspecified atom stereocenters. The molecule has 0 saturated carbocycles. The van der Waals surface area contributed by atoms with Crippen molar-refractivity contribution in [3.8, 4) is 0 Å². The van der Waals surface area contributed by atoms with E-state index < -0.39 is 0 Å². The van der Waals surface area contributed by atoms with Gasteiger partial charge in [0.25, 0.3) is 0 Å². The highest BCUT2D eigenvalue weighted by Gasteiger charge is 2.07. The highest BCUT2D eigenvalue weighted by atomic mass is 35.5. The van der Waals surface area contributed by atoms with Crippen molar-refractivity contribution in [2.45, 2.75) is 40.5 Å². The van der Waals surface area contributed by atoms with Gasteiger partial charge in [-0.2, -0.15) is 0 Å². The minimum atomic E-state index is 0.771. The second kappa shape index (κ2) is 10.1. The lowest BCUT2D eigenvalue weighted by Crippen LogP contribution is -2.32. The average Bonchev–Trinajstić information content (AvgIpc) is 2.41. The first-order chi connectivity index (χ1) is 9.97. The molecule has 3 heteroatoms. The lowest BCUT2D eigenvalue weighted by atomic mass is 10.1. The Morgan fingerprint density at radius 1 is 1.00 bits per heavy atom. The number of nitrogens with zero attached hydrogens (tertiary/aromatic N) is 1. The molecular formula is C18H31ClN2. The fourth-order valence-electron chi connectivity index (χ4n) is 2.17. The van der Waals surface area contributed by atoms with Crippen LogP contribution in [0, 0.1) is 11.8 Å². The molecule has 0 aliphatic heterocycles. The Morgan fingerprint density at radius 3 is 2.14 bits per heavy atom. The molecule has 0 spiro atoms. The molecule has 0 radical (unpaired) electrons. The number of hydrogen-bond donors (Lipinski definition) is 1. The monoisotopic (exact) mass is 310 g/mol. The summed E-state index contributed by atoms with van der Waals surface area (Å²) in [5, 5.41) is 4.25. The maximum absolute atomic E-state index is 6.01. The molecule has 2 nitrogen and oxygen atoms in total. The van der Waals surface area contributed by atoms with Crippen LogP contribution in [0.2, 0.25) is 5.02 Å².